The molecule has 0 fully saturated rings. The highest BCUT2D eigenvalue weighted by molar-refractivity contribution is 7.92. The highest BCUT2D eigenvalue weighted by Crippen LogP contribution is 2.25. The van der Waals surface area contributed by atoms with Crippen LogP contribution in [0.25, 0.3) is 5.65 Å². The number of pyridine rings is 1. The van der Waals surface area contributed by atoms with Gasteiger partial charge in [0.25, 0.3) is 10.0 Å². The number of carboxylic acids is 1. The van der Waals surface area contributed by atoms with Crippen LogP contribution >= 0.6 is 11.6 Å². The number of fused-ring (bicyclic) bond motifs is 1. The molecule has 7 nitrogen and oxygen atoms in total. The van der Waals surface area contributed by atoms with Crippen molar-refractivity contribution in [3.05, 3.63) is 59.4 Å². The van der Waals surface area contributed by atoms with E-state index < -0.39 is 21.9 Å². The van der Waals surface area contributed by atoms with Crippen LogP contribution in [0.1, 0.15) is 12.5 Å². The molecule has 0 saturated carbocycles. The molecule has 0 aliphatic rings. The quantitative estimate of drug-likeness (QED) is 0.670. The van der Waals surface area contributed by atoms with E-state index in [1.165, 1.54) is 4.40 Å². The highest BCUT2D eigenvalue weighted by atomic mass is 35.5. The molecule has 26 heavy (non-hydrogen) atoms. The number of nitrogens with zero attached hydrogens (tertiary/aromatic N) is 2. The van der Waals surface area contributed by atoms with Crippen molar-refractivity contribution in [3.63, 3.8) is 0 Å². The summed E-state index contributed by atoms with van der Waals surface area (Å²) < 4.78 is 29.3. The van der Waals surface area contributed by atoms with Crippen LogP contribution in [0.15, 0.2) is 53.7 Å². The van der Waals surface area contributed by atoms with Crippen molar-refractivity contribution >= 4 is 38.9 Å². The summed E-state index contributed by atoms with van der Waals surface area (Å²) in [6.07, 6.45) is 1.93. The SMILES string of the molecule is CC(Cc1ccc(NS(=O)(=O)c2c(Cl)nc3ccccn23)cc1)C(=O)O. The van der Waals surface area contributed by atoms with Crippen LogP contribution in [0.2, 0.25) is 5.15 Å². The zero-order valence-electron chi connectivity index (χ0n) is 13.8. The Morgan fingerprint density at radius 2 is 1.96 bits per heavy atom. The second-order valence-electron chi connectivity index (χ2n) is 5.88. The molecule has 0 aliphatic heterocycles. The summed E-state index contributed by atoms with van der Waals surface area (Å²) in [7, 11) is -3.95. The number of carboxylic acid groups (broad SMARTS) is 1. The molecule has 2 aromatic heterocycles. The fraction of sp³-hybridized carbons (Fsp3) is 0.176. The molecular formula is C17H16ClN3O4S. The minimum atomic E-state index is -3.95. The molecule has 0 amide bonds. The van der Waals surface area contributed by atoms with E-state index in [0.29, 0.717) is 17.8 Å². The van der Waals surface area contributed by atoms with E-state index in [2.05, 4.69) is 9.71 Å². The third-order valence-corrected chi connectivity index (χ3v) is 5.65. The Kier molecular flexibility index (Phi) is 4.88. The summed E-state index contributed by atoms with van der Waals surface area (Å²) in [4.78, 5) is 15.0. The van der Waals surface area contributed by atoms with Crippen LogP contribution < -0.4 is 4.72 Å². The first kappa shape index (κ1) is 18.2. The smallest absolute Gasteiger partial charge is 0.306 e. The lowest BCUT2D eigenvalue weighted by molar-refractivity contribution is -0.141. The molecule has 3 aromatic rings. The van der Waals surface area contributed by atoms with Crippen LogP contribution in [-0.2, 0) is 21.2 Å². The number of carbonyl (C=O) groups is 1. The minimum absolute atomic E-state index is 0.115. The lowest BCUT2D eigenvalue weighted by Gasteiger charge is -2.10. The second-order valence-corrected chi connectivity index (χ2v) is 7.84. The van der Waals surface area contributed by atoms with Crippen molar-refractivity contribution in [2.45, 2.75) is 18.4 Å². The Morgan fingerprint density at radius 3 is 2.62 bits per heavy atom. The van der Waals surface area contributed by atoms with Crippen molar-refractivity contribution in [2.75, 3.05) is 4.72 Å². The zero-order valence-corrected chi connectivity index (χ0v) is 15.3. The summed E-state index contributed by atoms with van der Waals surface area (Å²) >= 11 is 6.02. The summed E-state index contributed by atoms with van der Waals surface area (Å²) in [5.74, 6) is -1.40. The lowest BCUT2D eigenvalue weighted by atomic mass is 10.0. The Bertz CT molecular complexity index is 1060. The van der Waals surface area contributed by atoms with E-state index in [0.717, 1.165) is 5.56 Å². The molecule has 1 aromatic carbocycles. The van der Waals surface area contributed by atoms with Crippen molar-refractivity contribution in [1.82, 2.24) is 9.38 Å². The van der Waals surface area contributed by atoms with Gasteiger partial charge < -0.3 is 5.11 Å². The van der Waals surface area contributed by atoms with Crippen LogP contribution in [0.3, 0.4) is 0 Å². The van der Waals surface area contributed by atoms with Gasteiger partial charge in [-0.1, -0.05) is 36.7 Å². The molecule has 0 aliphatic carbocycles. The van der Waals surface area contributed by atoms with Crippen molar-refractivity contribution in [3.8, 4) is 0 Å². The van der Waals surface area contributed by atoms with E-state index >= 15 is 0 Å². The molecule has 0 bridgehead atoms. The lowest BCUT2D eigenvalue weighted by Crippen LogP contribution is -2.16. The van der Waals surface area contributed by atoms with Gasteiger partial charge in [-0.05, 0) is 36.2 Å². The van der Waals surface area contributed by atoms with E-state index in [4.69, 9.17) is 16.7 Å². The Balaban J connectivity index is 1.85. The third kappa shape index (κ3) is 3.66. The molecule has 0 saturated heterocycles. The van der Waals surface area contributed by atoms with E-state index in [1.807, 2.05) is 0 Å². The summed E-state index contributed by atoms with van der Waals surface area (Å²) in [6.45, 7) is 1.62. The largest absolute Gasteiger partial charge is 0.481 e. The second kappa shape index (κ2) is 6.97. The first-order valence-electron chi connectivity index (χ1n) is 7.75. The zero-order chi connectivity index (χ0) is 18.9. The molecule has 1 atom stereocenters. The fourth-order valence-corrected chi connectivity index (χ4v) is 4.24. The highest BCUT2D eigenvalue weighted by Gasteiger charge is 2.24. The van der Waals surface area contributed by atoms with E-state index in [1.54, 1.807) is 55.6 Å². The average molecular weight is 394 g/mol. The molecule has 0 spiro atoms. The van der Waals surface area contributed by atoms with Crippen molar-refractivity contribution < 1.29 is 18.3 Å². The number of hydrogen-bond acceptors (Lipinski definition) is 4. The van der Waals surface area contributed by atoms with Crippen molar-refractivity contribution in [2.24, 2.45) is 5.92 Å². The molecule has 9 heteroatoms. The Labute approximate surface area is 155 Å². The number of halogens is 1. The van der Waals surface area contributed by atoms with Gasteiger partial charge in [-0.3, -0.25) is 13.9 Å². The number of imidazole rings is 1. The molecular weight excluding hydrogens is 378 g/mol. The molecule has 3 rings (SSSR count). The minimum Gasteiger partial charge on any atom is -0.481 e. The van der Waals surface area contributed by atoms with E-state index in [9.17, 15) is 13.2 Å². The maximum absolute atomic E-state index is 12.7. The summed E-state index contributed by atoms with van der Waals surface area (Å²) in [6, 6.07) is 11.6. The number of nitrogens with one attached hydrogen (secondary N) is 1. The van der Waals surface area contributed by atoms with Crippen LogP contribution in [-0.4, -0.2) is 28.9 Å². The number of aromatic nitrogens is 2. The predicted molar refractivity (Wildman–Crippen MR) is 98.0 cm³/mol. The fourth-order valence-electron chi connectivity index (χ4n) is 2.54. The summed E-state index contributed by atoms with van der Waals surface area (Å²) in [5, 5.41) is 8.70. The van der Waals surface area contributed by atoms with Gasteiger partial charge in [0, 0.05) is 11.9 Å². The first-order valence-corrected chi connectivity index (χ1v) is 9.61. The summed E-state index contributed by atoms with van der Waals surface area (Å²) in [5.41, 5.74) is 1.57. The van der Waals surface area contributed by atoms with Gasteiger partial charge in [-0.15, -0.1) is 0 Å². The molecule has 1 unspecified atom stereocenters. The van der Waals surface area contributed by atoms with Gasteiger partial charge in [0.05, 0.1) is 5.92 Å². The monoisotopic (exact) mass is 393 g/mol. The van der Waals surface area contributed by atoms with Gasteiger partial charge in [-0.25, -0.2) is 4.98 Å². The van der Waals surface area contributed by atoms with Crippen LogP contribution in [0.4, 0.5) is 5.69 Å². The van der Waals surface area contributed by atoms with Crippen LogP contribution in [0.5, 0.6) is 0 Å². The molecule has 2 heterocycles. The van der Waals surface area contributed by atoms with Gasteiger partial charge in [0.2, 0.25) is 0 Å². The van der Waals surface area contributed by atoms with Crippen LogP contribution in [0, 0.1) is 5.92 Å². The van der Waals surface area contributed by atoms with Gasteiger partial charge in [0.15, 0.2) is 10.2 Å². The topological polar surface area (TPSA) is 101 Å². The number of benzene rings is 1. The average Bonchev–Trinajstić information content (AvgIpc) is 2.92. The standard InChI is InChI=1S/C17H16ClN3O4S/c1-11(17(22)23)10-12-5-7-13(8-6-12)20-26(24,25)16-15(18)19-14-4-2-3-9-21(14)16/h2-9,11,20H,10H2,1H3,(H,22,23). The van der Waals surface area contributed by atoms with Gasteiger partial charge in [0.1, 0.15) is 5.65 Å². The Hall–Kier alpha value is -2.58. The predicted octanol–water partition coefficient (Wildman–Crippen LogP) is 3.05. The Morgan fingerprint density at radius 1 is 1.27 bits per heavy atom. The molecule has 136 valence electrons. The maximum atomic E-state index is 12.7. The number of sulfonamides is 1. The number of hydrogen-bond donors (Lipinski definition) is 2. The number of anilines is 1. The molecule has 0 radical (unpaired) electrons. The van der Waals surface area contributed by atoms with Gasteiger partial charge in [-0.2, -0.15) is 8.42 Å². The van der Waals surface area contributed by atoms with Gasteiger partial charge >= 0.3 is 5.97 Å². The maximum Gasteiger partial charge on any atom is 0.306 e. The van der Waals surface area contributed by atoms with Crippen molar-refractivity contribution in [1.29, 1.82) is 0 Å². The first-order chi connectivity index (χ1) is 12.3. The number of rotatable bonds is 6. The third-order valence-electron chi connectivity index (χ3n) is 3.87. The normalized spacial score (nSPS) is 12.8. The number of aliphatic carboxylic acids is 1. The van der Waals surface area contributed by atoms with E-state index in [-0.39, 0.29) is 10.2 Å². The molecule has 2 N–H and O–H groups in total.